The quantitative estimate of drug-likeness (QED) is 0.479. The van der Waals surface area contributed by atoms with Gasteiger partial charge in [-0.1, -0.05) is 24.3 Å². The molecule has 0 aromatic heterocycles. The Kier molecular flexibility index (Phi) is 4.85. The first-order valence-electron chi connectivity index (χ1n) is 6.81. The fourth-order valence-corrected chi connectivity index (χ4v) is 3.18. The molecule has 0 spiro atoms. The highest BCUT2D eigenvalue weighted by Crippen LogP contribution is 2.25. The Morgan fingerprint density at radius 3 is 2.61 bits per heavy atom. The molecule has 0 saturated carbocycles. The molecule has 7 nitrogen and oxygen atoms in total. The van der Waals surface area contributed by atoms with E-state index in [-0.39, 0.29) is 29.3 Å². The zero-order valence-corrected chi connectivity index (χ0v) is 13.2. The normalized spacial score (nSPS) is 11.2. The Balaban J connectivity index is 2.14. The molecule has 8 heteroatoms. The number of aromatic hydroxyl groups is 1. The molecular weight excluding hydrogens is 320 g/mol. The molecule has 0 aliphatic rings. The Morgan fingerprint density at radius 2 is 1.91 bits per heavy atom. The minimum Gasteiger partial charge on any atom is -0.506 e. The standard InChI is InChI=1S/C15H16N2O5S/c1-11-6-7-15(18)13(10-11)16-23(21,22)9-8-12-4-2-3-5-14(12)17(19)20/h2-7,10,16,18H,8-9H2,1H3. The summed E-state index contributed by atoms with van der Waals surface area (Å²) < 4.78 is 26.6. The molecule has 0 aliphatic heterocycles. The summed E-state index contributed by atoms with van der Waals surface area (Å²) in [6, 6.07) is 10.6. The second-order valence-electron chi connectivity index (χ2n) is 5.08. The van der Waals surface area contributed by atoms with Crippen molar-refractivity contribution in [2.75, 3.05) is 10.5 Å². The van der Waals surface area contributed by atoms with E-state index in [1.54, 1.807) is 19.1 Å². The smallest absolute Gasteiger partial charge is 0.272 e. The first-order chi connectivity index (χ1) is 10.8. The van der Waals surface area contributed by atoms with Crippen LogP contribution in [0.2, 0.25) is 0 Å². The Hall–Kier alpha value is -2.61. The topological polar surface area (TPSA) is 110 Å². The number of nitro benzene ring substituents is 1. The predicted molar refractivity (Wildman–Crippen MR) is 87.1 cm³/mol. The SMILES string of the molecule is Cc1ccc(O)c(NS(=O)(=O)CCc2ccccc2[N+](=O)[O-])c1. The molecule has 2 rings (SSSR count). The predicted octanol–water partition coefficient (Wildman–Crippen LogP) is 2.59. The van der Waals surface area contributed by atoms with E-state index in [2.05, 4.69) is 4.72 Å². The van der Waals surface area contributed by atoms with Gasteiger partial charge in [-0.05, 0) is 31.0 Å². The van der Waals surface area contributed by atoms with Crippen LogP contribution in [0.1, 0.15) is 11.1 Å². The third-order valence-electron chi connectivity index (χ3n) is 3.25. The number of hydrogen-bond acceptors (Lipinski definition) is 5. The van der Waals surface area contributed by atoms with Crippen LogP contribution in [0.25, 0.3) is 0 Å². The van der Waals surface area contributed by atoms with Gasteiger partial charge in [0, 0.05) is 11.6 Å². The summed E-state index contributed by atoms with van der Waals surface area (Å²) in [5.74, 6) is -0.504. The fraction of sp³-hybridized carbons (Fsp3) is 0.200. The van der Waals surface area contributed by atoms with E-state index in [4.69, 9.17) is 0 Å². The fourth-order valence-electron chi connectivity index (χ4n) is 2.09. The maximum Gasteiger partial charge on any atom is 0.272 e. The lowest BCUT2D eigenvalue weighted by Crippen LogP contribution is -2.18. The molecule has 2 N–H and O–H groups in total. The molecule has 2 aromatic carbocycles. The van der Waals surface area contributed by atoms with Crippen molar-refractivity contribution in [2.24, 2.45) is 0 Å². The molecule has 0 unspecified atom stereocenters. The van der Waals surface area contributed by atoms with Crippen molar-refractivity contribution in [1.29, 1.82) is 0 Å². The van der Waals surface area contributed by atoms with Gasteiger partial charge >= 0.3 is 0 Å². The lowest BCUT2D eigenvalue weighted by molar-refractivity contribution is -0.385. The number of phenolic OH excluding ortho intramolecular Hbond substituents is 1. The zero-order chi connectivity index (χ0) is 17.0. The second-order valence-corrected chi connectivity index (χ2v) is 6.92. The van der Waals surface area contributed by atoms with Gasteiger partial charge in [0.25, 0.3) is 5.69 Å². The van der Waals surface area contributed by atoms with E-state index in [0.29, 0.717) is 5.56 Å². The van der Waals surface area contributed by atoms with E-state index in [9.17, 15) is 23.6 Å². The largest absolute Gasteiger partial charge is 0.506 e. The number of nitrogens with one attached hydrogen (secondary N) is 1. The number of aryl methyl sites for hydroxylation is 2. The summed E-state index contributed by atoms with van der Waals surface area (Å²) in [4.78, 5) is 10.4. The molecule has 0 heterocycles. The van der Waals surface area contributed by atoms with Crippen LogP contribution in [0.5, 0.6) is 5.75 Å². The monoisotopic (exact) mass is 336 g/mol. The number of phenols is 1. The Bertz CT molecular complexity index is 834. The van der Waals surface area contributed by atoms with Crippen LogP contribution < -0.4 is 4.72 Å². The number of hydrogen-bond donors (Lipinski definition) is 2. The molecule has 23 heavy (non-hydrogen) atoms. The number of nitrogens with zero attached hydrogens (tertiary/aromatic N) is 1. The van der Waals surface area contributed by atoms with E-state index >= 15 is 0 Å². The third kappa shape index (κ3) is 4.43. The number of sulfonamides is 1. The molecule has 122 valence electrons. The number of para-hydroxylation sites is 1. The average molecular weight is 336 g/mol. The molecular formula is C15H16N2O5S. The van der Waals surface area contributed by atoms with E-state index in [0.717, 1.165) is 5.56 Å². The first-order valence-corrected chi connectivity index (χ1v) is 8.46. The number of nitro groups is 1. The molecule has 0 radical (unpaired) electrons. The highest BCUT2D eigenvalue weighted by Gasteiger charge is 2.17. The summed E-state index contributed by atoms with van der Waals surface area (Å²) in [5.41, 5.74) is 1.12. The molecule has 0 atom stereocenters. The van der Waals surface area contributed by atoms with Gasteiger partial charge in [-0.25, -0.2) is 8.42 Å². The maximum atomic E-state index is 12.1. The van der Waals surface area contributed by atoms with Crippen LogP contribution >= 0.6 is 0 Å². The molecule has 2 aromatic rings. The van der Waals surface area contributed by atoms with Gasteiger partial charge in [-0.15, -0.1) is 0 Å². The molecule has 0 saturated heterocycles. The van der Waals surface area contributed by atoms with Crippen molar-refractivity contribution < 1.29 is 18.4 Å². The van der Waals surface area contributed by atoms with Crippen molar-refractivity contribution in [2.45, 2.75) is 13.3 Å². The summed E-state index contributed by atoms with van der Waals surface area (Å²) in [7, 11) is -3.75. The summed E-state index contributed by atoms with van der Waals surface area (Å²) in [5, 5.41) is 20.6. The van der Waals surface area contributed by atoms with Gasteiger partial charge in [0.05, 0.1) is 16.4 Å². The number of anilines is 1. The molecule has 0 bridgehead atoms. The van der Waals surface area contributed by atoms with Gasteiger partial charge in [0.15, 0.2) is 0 Å². The van der Waals surface area contributed by atoms with Crippen molar-refractivity contribution in [3.8, 4) is 5.75 Å². The van der Waals surface area contributed by atoms with Crippen LogP contribution in [0, 0.1) is 17.0 Å². The minimum atomic E-state index is -3.75. The zero-order valence-electron chi connectivity index (χ0n) is 12.4. The van der Waals surface area contributed by atoms with Crippen LogP contribution in [-0.4, -0.2) is 24.2 Å². The van der Waals surface area contributed by atoms with Crippen molar-refractivity contribution in [1.82, 2.24) is 0 Å². The van der Waals surface area contributed by atoms with Gasteiger partial charge in [-0.3, -0.25) is 14.8 Å². The molecule has 0 amide bonds. The van der Waals surface area contributed by atoms with Crippen molar-refractivity contribution >= 4 is 21.4 Å². The Morgan fingerprint density at radius 1 is 1.22 bits per heavy atom. The first kappa shape index (κ1) is 16.8. The summed E-state index contributed by atoms with van der Waals surface area (Å²) in [6.45, 7) is 1.77. The minimum absolute atomic E-state index is 0.000928. The van der Waals surface area contributed by atoms with Crippen LogP contribution in [0.15, 0.2) is 42.5 Å². The highest BCUT2D eigenvalue weighted by molar-refractivity contribution is 7.92. The number of benzene rings is 2. The Labute approximate surface area is 133 Å². The lowest BCUT2D eigenvalue weighted by Gasteiger charge is -2.10. The van der Waals surface area contributed by atoms with Crippen molar-refractivity contribution in [3.63, 3.8) is 0 Å². The van der Waals surface area contributed by atoms with Gasteiger partial charge < -0.3 is 5.11 Å². The third-order valence-corrected chi connectivity index (χ3v) is 4.52. The molecule has 0 fully saturated rings. The van der Waals surface area contributed by atoms with Gasteiger partial charge in [-0.2, -0.15) is 0 Å². The van der Waals surface area contributed by atoms with Crippen molar-refractivity contribution in [3.05, 3.63) is 63.7 Å². The van der Waals surface area contributed by atoms with Gasteiger partial charge in [0.1, 0.15) is 5.75 Å². The van der Waals surface area contributed by atoms with E-state index < -0.39 is 14.9 Å². The van der Waals surface area contributed by atoms with Crippen LogP contribution in [0.4, 0.5) is 11.4 Å². The van der Waals surface area contributed by atoms with Crippen LogP contribution in [-0.2, 0) is 16.4 Å². The average Bonchev–Trinajstić information content (AvgIpc) is 2.49. The van der Waals surface area contributed by atoms with Crippen LogP contribution in [0.3, 0.4) is 0 Å². The highest BCUT2D eigenvalue weighted by atomic mass is 32.2. The van der Waals surface area contributed by atoms with E-state index in [1.165, 1.54) is 30.3 Å². The summed E-state index contributed by atoms with van der Waals surface area (Å²) >= 11 is 0. The lowest BCUT2D eigenvalue weighted by atomic mass is 10.1. The molecule has 0 aliphatic carbocycles. The maximum absolute atomic E-state index is 12.1. The van der Waals surface area contributed by atoms with E-state index in [1.807, 2.05) is 0 Å². The van der Waals surface area contributed by atoms with Gasteiger partial charge in [0.2, 0.25) is 10.0 Å². The number of rotatable bonds is 6. The summed E-state index contributed by atoms with van der Waals surface area (Å²) in [6.07, 6.45) is -0.000928. The second kappa shape index (κ2) is 6.66.